The molecule has 1 aromatic heterocycles. The van der Waals surface area contributed by atoms with Gasteiger partial charge in [-0.05, 0) is 60.9 Å². The van der Waals surface area contributed by atoms with Crippen molar-refractivity contribution >= 4 is 11.1 Å². The molecule has 0 bridgehead atoms. The molecular weight excluding hydrogens is 365 g/mol. The van der Waals surface area contributed by atoms with Crippen molar-refractivity contribution < 1.29 is 13.5 Å². The van der Waals surface area contributed by atoms with Crippen molar-refractivity contribution in [3.63, 3.8) is 0 Å². The van der Waals surface area contributed by atoms with Crippen LogP contribution in [-0.2, 0) is 0 Å². The van der Waals surface area contributed by atoms with Gasteiger partial charge in [-0.25, -0.2) is 9.37 Å². The highest BCUT2D eigenvalue weighted by Crippen LogP contribution is 2.30. The van der Waals surface area contributed by atoms with E-state index in [4.69, 9.17) is 9.15 Å². The minimum atomic E-state index is -0.289. The second-order valence-electron chi connectivity index (χ2n) is 7.26. The number of benzene rings is 3. The van der Waals surface area contributed by atoms with Crippen LogP contribution in [0.3, 0.4) is 0 Å². The molecule has 148 valence electrons. The number of oxazole rings is 1. The molecule has 0 aliphatic heterocycles. The molecule has 0 aliphatic rings. The summed E-state index contributed by atoms with van der Waals surface area (Å²) in [4.78, 5) is 4.56. The third kappa shape index (κ3) is 4.32. The van der Waals surface area contributed by atoms with Crippen LogP contribution in [0, 0.1) is 12.7 Å². The number of unbranched alkanes of at least 4 members (excludes halogenated alkanes) is 2. The van der Waals surface area contributed by atoms with Gasteiger partial charge in [-0.3, -0.25) is 0 Å². The van der Waals surface area contributed by atoms with E-state index in [1.165, 1.54) is 6.07 Å². The molecule has 29 heavy (non-hydrogen) atoms. The summed E-state index contributed by atoms with van der Waals surface area (Å²) >= 11 is 0. The average molecular weight is 389 g/mol. The maximum absolute atomic E-state index is 14.6. The van der Waals surface area contributed by atoms with E-state index in [-0.39, 0.29) is 5.82 Å². The Labute approximate surface area is 170 Å². The fourth-order valence-corrected chi connectivity index (χ4v) is 3.32. The van der Waals surface area contributed by atoms with E-state index in [0.29, 0.717) is 23.8 Å². The number of hydrogen-bond donors (Lipinski definition) is 0. The van der Waals surface area contributed by atoms with E-state index in [1.54, 1.807) is 6.07 Å². The molecule has 4 heteroatoms. The Kier molecular flexibility index (Phi) is 5.61. The normalized spacial score (nSPS) is 11.1. The van der Waals surface area contributed by atoms with Gasteiger partial charge in [0.25, 0.3) is 0 Å². The predicted molar refractivity (Wildman–Crippen MR) is 115 cm³/mol. The van der Waals surface area contributed by atoms with Gasteiger partial charge in [0, 0.05) is 17.2 Å². The molecule has 0 saturated carbocycles. The quantitative estimate of drug-likeness (QED) is 0.314. The van der Waals surface area contributed by atoms with Gasteiger partial charge in [0.2, 0.25) is 5.89 Å². The van der Waals surface area contributed by atoms with E-state index in [0.717, 1.165) is 47.1 Å². The van der Waals surface area contributed by atoms with Crippen LogP contribution in [0.4, 0.5) is 4.39 Å². The van der Waals surface area contributed by atoms with Crippen LogP contribution in [0.25, 0.3) is 33.7 Å². The lowest BCUT2D eigenvalue weighted by atomic mass is 10.0. The van der Waals surface area contributed by atoms with Gasteiger partial charge in [0.15, 0.2) is 5.58 Å². The van der Waals surface area contributed by atoms with Crippen molar-refractivity contribution in [2.75, 3.05) is 6.61 Å². The fourth-order valence-electron chi connectivity index (χ4n) is 3.32. The Morgan fingerprint density at radius 1 is 0.931 bits per heavy atom. The molecular formula is C25H24FNO2. The number of fused-ring (bicyclic) bond motifs is 1. The van der Waals surface area contributed by atoms with Gasteiger partial charge in [0.1, 0.15) is 17.1 Å². The number of halogens is 1. The highest BCUT2D eigenvalue weighted by atomic mass is 19.1. The number of aryl methyl sites for hydroxylation is 1. The topological polar surface area (TPSA) is 35.3 Å². The van der Waals surface area contributed by atoms with Gasteiger partial charge in [-0.1, -0.05) is 38.0 Å². The molecule has 1 heterocycles. The van der Waals surface area contributed by atoms with Crippen LogP contribution in [0.5, 0.6) is 5.75 Å². The monoisotopic (exact) mass is 389 g/mol. The average Bonchev–Trinajstić information content (AvgIpc) is 3.15. The van der Waals surface area contributed by atoms with Crippen LogP contribution in [-0.4, -0.2) is 11.6 Å². The largest absolute Gasteiger partial charge is 0.493 e. The highest BCUT2D eigenvalue weighted by molar-refractivity contribution is 5.77. The minimum absolute atomic E-state index is 0.289. The first-order valence-electron chi connectivity index (χ1n) is 10.0. The number of aromatic nitrogens is 1. The molecule has 4 aromatic rings. The van der Waals surface area contributed by atoms with E-state index in [1.807, 2.05) is 55.5 Å². The van der Waals surface area contributed by atoms with Crippen molar-refractivity contribution in [3.8, 4) is 28.3 Å². The summed E-state index contributed by atoms with van der Waals surface area (Å²) < 4.78 is 26.1. The number of nitrogens with zero attached hydrogens (tertiary/aromatic N) is 1. The van der Waals surface area contributed by atoms with Crippen LogP contribution in [0.2, 0.25) is 0 Å². The Morgan fingerprint density at radius 3 is 2.48 bits per heavy atom. The summed E-state index contributed by atoms with van der Waals surface area (Å²) in [5.41, 5.74) is 4.95. The van der Waals surface area contributed by atoms with Crippen LogP contribution >= 0.6 is 0 Å². The molecule has 3 aromatic carbocycles. The van der Waals surface area contributed by atoms with Gasteiger partial charge in [-0.15, -0.1) is 0 Å². The molecule has 0 unspecified atom stereocenters. The number of hydrogen-bond acceptors (Lipinski definition) is 3. The molecule has 0 N–H and O–H groups in total. The van der Waals surface area contributed by atoms with Crippen LogP contribution < -0.4 is 4.74 Å². The second kappa shape index (κ2) is 8.48. The third-order valence-electron chi connectivity index (χ3n) is 4.94. The number of ether oxygens (including phenoxy) is 1. The lowest BCUT2D eigenvalue weighted by Gasteiger charge is -2.09. The zero-order valence-electron chi connectivity index (χ0n) is 16.7. The van der Waals surface area contributed by atoms with E-state index in [9.17, 15) is 4.39 Å². The summed E-state index contributed by atoms with van der Waals surface area (Å²) in [6, 6.07) is 18.5. The van der Waals surface area contributed by atoms with Crippen molar-refractivity contribution in [2.24, 2.45) is 0 Å². The Balaban J connectivity index is 1.52. The van der Waals surface area contributed by atoms with Crippen LogP contribution in [0.1, 0.15) is 31.7 Å². The molecule has 0 atom stereocenters. The van der Waals surface area contributed by atoms with E-state index >= 15 is 0 Å². The van der Waals surface area contributed by atoms with Gasteiger partial charge in [-0.2, -0.15) is 0 Å². The van der Waals surface area contributed by atoms with Gasteiger partial charge >= 0.3 is 0 Å². The SMILES string of the molecule is CCCCCOc1ccc(-c2ccc(-c3nc4cc(C)ccc4o3)cc2)c(F)c1. The highest BCUT2D eigenvalue weighted by Gasteiger charge is 2.11. The summed E-state index contributed by atoms with van der Waals surface area (Å²) in [6.07, 6.45) is 3.24. The summed E-state index contributed by atoms with van der Waals surface area (Å²) in [7, 11) is 0. The van der Waals surface area contributed by atoms with Crippen molar-refractivity contribution in [3.05, 3.63) is 72.0 Å². The van der Waals surface area contributed by atoms with Gasteiger partial charge < -0.3 is 9.15 Å². The maximum atomic E-state index is 14.6. The molecule has 3 nitrogen and oxygen atoms in total. The zero-order chi connectivity index (χ0) is 20.2. The maximum Gasteiger partial charge on any atom is 0.227 e. The smallest absolute Gasteiger partial charge is 0.227 e. The van der Waals surface area contributed by atoms with Gasteiger partial charge in [0.05, 0.1) is 6.61 Å². The first kappa shape index (κ1) is 19.2. The molecule has 0 fully saturated rings. The van der Waals surface area contributed by atoms with E-state index < -0.39 is 0 Å². The standard InChI is InChI=1S/C25H24FNO2/c1-3-4-5-14-28-20-11-12-21(22(26)16-20)18-7-9-19(10-8-18)25-27-23-15-17(2)6-13-24(23)29-25/h6-13,15-16H,3-5,14H2,1-2H3. The third-order valence-corrected chi connectivity index (χ3v) is 4.94. The van der Waals surface area contributed by atoms with Crippen molar-refractivity contribution in [1.82, 2.24) is 4.98 Å². The predicted octanol–water partition coefficient (Wildman–Crippen LogP) is 7.18. The second-order valence-corrected chi connectivity index (χ2v) is 7.26. The lowest BCUT2D eigenvalue weighted by Crippen LogP contribution is -1.97. The minimum Gasteiger partial charge on any atom is -0.493 e. The molecule has 0 spiro atoms. The number of rotatable bonds is 7. The van der Waals surface area contributed by atoms with Crippen molar-refractivity contribution in [1.29, 1.82) is 0 Å². The molecule has 0 aliphatic carbocycles. The first-order chi connectivity index (χ1) is 14.1. The van der Waals surface area contributed by atoms with E-state index in [2.05, 4.69) is 11.9 Å². The summed E-state index contributed by atoms with van der Waals surface area (Å²) in [6.45, 7) is 4.79. The molecule has 0 saturated heterocycles. The zero-order valence-corrected chi connectivity index (χ0v) is 16.7. The molecule has 4 rings (SSSR count). The Bertz CT molecular complexity index is 1120. The Hall–Kier alpha value is -3.14. The molecule has 0 amide bonds. The Morgan fingerprint density at radius 2 is 1.72 bits per heavy atom. The van der Waals surface area contributed by atoms with Crippen molar-refractivity contribution in [2.45, 2.75) is 33.1 Å². The lowest BCUT2D eigenvalue weighted by molar-refractivity contribution is 0.305. The fraction of sp³-hybridized carbons (Fsp3) is 0.240. The molecule has 0 radical (unpaired) electrons. The first-order valence-corrected chi connectivity index (χ1v) is 10.0. The summed E-state index contributed by atoms with van der Waals surface area (Å²) in [5, 5.41) is 0. The van der Waals surface area contributed by atoms with Crippen LogP contribution in [0.15, 0.2) is 65.1 Å². The summed E-state index contributed by atoms with van der Waals surface area (Å²) in [5.74, 6) is 0.845.